The van der Waals surface area contributed by atoms with Gasteiger partial charge >= 0.3 is 0 Å². The molecular weight excluding hydrogens is 456 g/mol. The molecule has 0 aliphatic carbocycles. The summed E-state index contributed by atoms with van der Waals surface area (Å²) in [6.45, 7) is 1.39. The third kappa shape index (κ3) is 5.54. The fourth-order valence-corrected chi connectivity index (χ4v) is 5.36. The number of rotatable bonds is 9. The van der Waals surface area contributed by atoms with Gasteiger partial charge in [-0.1, -0.05) is 23.4 Å². The Morgan fingerprint density at radius 2 is 2.03 bits per heavy atom. The molecule has 1 aliphatic heterocycles. The van der Waals surface area contributed by atoms with E-state index < -0.39 is 5.91 Å². The van der Waals surface area contributed by atoms with Gasteiger partial charge in [0.15, 0.2) is 16.8 Å². The fraction of sp³-hybridized carbons (Fsp3) is 0.333. The number of ether oxygens (including phenoxy) is 1. The number of halogens is 1. The summed E-state index contributed by atoms with van der Waals surface area (Å²) in [7, 11) is 0. The van der Waals surface area contributed by atoms with Crippen molar-refractivity contribution in [2.24, 2.45) is 5.73 Å². The van der Waals surface area contributed by atoms with E-state index in [9.17, 15) is 9.59 Å². The van der Waals surface area contributed by atoms with Crippen molar-refractivity contribution in [2.75, 3.05) is 12.4 Å². The van der Waals surface area contributed by atoms with Gasteiger partial charge in [0.25, 0.3) is 0 Å². The number of hydrogen-bond donors (Lipinski definition) is 1. The highest BCUT2D eigenvalue weighted by atomic mass is 35.5. The number of benzene rings is 1. The molecule has 1 aromatic carbocycles. The molecule has 7 nitrogen and oxygen atoms in total. The quantitative estimate of drug-likeness (QED) is 0.372. The highest BCUT2D eigenvalue weighted by molar-refractivity contribution is 7.99. The average Bonchev–Trinajstić information content (AvgIpc) is 3.49. The Balaban J connectivity index is 1.51. The lowest BCUT2D eigenvalue weighted by Gasteiger charge is -2.14. The van der Waals surface area contributed by atoms with Crippen LogP contribution in [-0.4, -0.2) is 44.9 Å². The van der Waals surface area contributed by atoms with Crippen LogP contribution >= 0.6 is 34.7 Å². The van der Waals surface area contributed by atoms with Crippen LogP contribution in [0.5, 0.6) is 0 Å². The van der Waals surface area contributed by atoms with E-state index >= 15 is 0 Å². The first-order valence-corrected chi connectivity index (χ1v) is 12.0. The highest BCUT2D eigenvalue weighted by Crippen LogP contribution is 2.28. The molecular formula is C21H21ClN4O3S2. The second-order valence-corrected chi connectivity index (χ2v) is 9.73. The maximum atomic E-state index is 12.7. The van der Waals surface area contributed by atoms with Crippen LogP contribution in [0.1, 0.15) is 27.4 Å². The van der Waals surface area contributed by atoms with Gasteiger partial charge < -0.3 is 10.5 Å². The molecule has 2 aromatic heterocycles. The lowest BCUT2D eigenvalue weighted by atomic mass is 10.2. The minimum Gasteiger partial charge on any atom is -0.376 e. The lowest BCUT2D eigenvalue weighted by Crippen LogP contribution is -2.17. The van der Waals surface area contributed by atoms with Crippen LogP contribution < -0.4 is 5.73 Å². The predicted octanol–water partition coefficient (Wildman–Crippen LogP) is 3.84. The molecule has 162 valence electrons. The van der Waals surface area contributed by atoms with Crippen molar-refractivity contribution >= 4 is 46.4 Å². The Morgan fingerprint density at radius 3 is 2.74 bits per heavy atom. The topological polar surface area (TPSA) is 100 Å². The van der Waals surface area contributed by atoms with Crippen LogP contribution in [0.3, 0.4) is 0 Å². The van der Waals surface area contributed by atoms with Crippen molar-refractivity contribution in [3.05, 3.63) is 51.2 Å². The standard InChI is InChI=1S/C21H21ClN4O3S2/c22-14-5-3-13(4-6-14)20-24-25-21(26(20)11-15-2-1-9-29-15)30-12-17(27)18-8-7-16(31-18)10-19(23)28/h3-8,15H,1-2,9-12H2,(H2,23,28). The molecule has 1 unspecified atom stereocenters. The van der Waals surface area contributed by atoms with Crippen LogP contribution in [0, 0.1) is 0 Å². The summed E-state index contributed by atoms with van der Waals surface area (Å²) >= 11 is 8.67. The van der Waals surface area contributed by atoms with Crippen LogP contribution in [0.15, 0.2) is 41.6 Å². The van der Waals surface area contributed by atoms with Crippen molar-refractivity contribution in [1.29, 1.82) is 0 Å². The first-order valence-electron chi connectivity index (χ1n) is 9.83. The molecule has 10 heteroatoms. The third-order valence-electron chi connectivity index (χ3n) is 4.85. The number of carbonyl (C=O) groups excluding carboxylic acids is 2. The number of hydrogen-bond acceptors (Lipinski definition) is 7. The predicted molar refractivity (Wildman–Crippen MR) is 122 cm³/mol. The molecule has 0 spiro atoms. The van der Waals surface area contributed by atoms with Crippen LogP contribution in [0.4, 0.5) is 0 Å². The molecule has 4 rings (SSSR count). The number of aromatic nitrogens is 3. The van der Waals surface area contributed by atoms with Gasteiger partial charge in [0.1, 0.15) is 0 Å². The van der Waals surface area contributed by atoms with Gasteiger partial charge in [-0.05, 0) is 49.2 Å². The number of thioether (sulfide) groups is 1. The largest absolute Gasteiger partial charge is 0.376 e. The smallest absolute Gasteiger partial charge is 0.222 e. The van der Waals surface area contributed by atoms with E-state index in [-0.39, 0.29) is 24.1 Å². The maximum absolute atomic E-state index is 12.7. The summed E-state index contributed by atoms with van der Waals surface area (Å²) < 4.78 is 7.83. The average molecular weight is 477 g/mol. The summed E-state index contributed by atoms with van der Waals surface area (Å²) in [5.41, 5.74) is 6.13. The maximum Gasteiger partial charge on any atom is 0.222 e. The Labute approximate surface area is 192 Å². The Morgan fingerprint density at radius 1 is 1.23 bits per heavy atom. The highest BCUT2D eigenvalue weighted by Gasteiger charge is 2.22. The number of ketones is 1. The summed E-state index contributed by atoms with van der Waals surface area (Å²) in [4.78, 5) is 25.1. The molecule has 2 N–H and O–H groups in total. The normalized spacial score (nSPS) is 16.0. The zero-order valence-corrected chi connectivity index (χ0v) is 19.0. The van der Waals surface area contributed by atoms with Gasteiger partial charge in [-0.25, -0.2) is 0 Å². The van der Waals surface area contributed by atoms with Crippen molar-refractivity contribution in [3.63, 3.8) is 0 Å². The van der Waals surface area contributed by atoms with E-state index in [1.807, 2.05) is 28.8 Å². The molecule has 3 heterocycles. The van der Waals surface area contributed by atoms with Gasteiger partial charge in [-0.3, -0.25) is 14.2 Å². The molecule has 1 aliphatic rings. The first kappa shape index (κ1) is 22.0. The van der Waals surface area contributed by atoms with Gasteiger partial charge in [-0.2, -0.15) is 0 Å². The van der Waals surface area contributed by atoms with E-state index in [4.69, 9.17) is 22.1 Å². The number of amides is 1. The summed E-state index contributed by atoms with van der Waals surface area (Å²) in [5, 5.41) is 10.0. The van der Waals surface area contributed by atoms with Gasteiger partial charge in [0.2, 0.25) is 5.91 Å². The fourth-order valence-electron chi connectivity index (χ4n) is 3.36. The number of primary amides is 1. The summed E-state index contributed by atoms with van der Waals surface area (Å²) in [6.07, 6.45) is 2.27. The van der Waals surface area contributed by atoms with E-state index in [1.165, 1.54) is 23.1 Å². The van der Waals surface area contributed by atoms with E-state index in [1.54, 1.807) is 12.1 Å². The zero-order chi connectivity index (χ0) is 21.8. The van der Waals surface area contributed by atoms with E-state index in [2.05, 4.69) is 10.2 Å². The van der Waals surface area contributed by atoms with Crippen molar-refractivity contribution in [1.82, 2.24) is 14.8 Å². The SMILES string of the molecule is NC(=O)Cc1ccc(C(=O)CSc2nnc(-c3ccc(Cl)cc3)n2CC2CCCO2)s1. The van der Waals surface area contributed by atoms with Gasteiger partial charge in [0.05, 0.1) is 29.7 Å². The molecule has 3 aromatic rings. The molecule has 1 amide bonds. The van der Waals surface area contributed by atoms with Crippen LogP contribution in [0.2, 0.25) is 5.02 Å². The Bertz CT molecular complexity index is 1070. The van der Waals surface area contributed by atoms with Gasteiger partial charge in [-0.15, -0.1) is 21.5 Å². The Hall–Kier alpha value is -2.20. The van der Waals surface area contributed by atoms with Gasteiger partial charge in [0, 0.05) is 22.1 Å². The minimum atomic E-state index is -0.410. The van der Waals surface area contributed by atoms with Crippen LogP contribution in [-0.2, 0) is 22.5 Å². The second kappa shape index (κ2) is 9.95. The monoisotopic (exact) mass is 476 g/mol. The molecule has 0 bridgehead atoms. The number of Topliss-reactive ketones (excluding diaryl/α,β-unsaturated/α-hetero) is 1. The molecule has 0 radical (unpaired) electrons. The van der Waals surface area contributed by atoms with Crippen LogP contribution in [0.25, 0.3) is 11.4 Å². The molecule has 1 fully saturated rings. The van der Waals surface area contributed by atoms with E-state index in [0.29, 0.717) is 21.6 Å². The van der Waals surface area contributed by atoms with Crippen molar-refractivity contribution in [2.45, 2.75) is 37.1 Å². The number of thiophene rings is 1. The third-order valence-corrected chi connectivity index (χ3v) is 7.19. The summed E-state index contributed by atoms with van der Waals surface area (Å²) in [6, 6.07) is 11.0. The lowest BCUT2D eigenvalue weighted by molar-refractivity contribution is -0.117. The van der Waals surface area contributed by atoms with E-state index in [0.717, 1.165) is 35.7 Å². The molecule has 1 atom stereocenters. The van der Waals surface area contributed by atoms with Crippen molar-refractivity contribution in [3.8, 4) is 11.4 Å². The number of nitrogens with zero attached hydrogens (tertiary/aromatic N) is 3. The number of nitrogens with two attached hydrogens (primary N) is 1. The molecule has 1 saturated heterocycles. The minimum absolute atomic E-state index is 0.0228. The Kier molecular flexibility index (Phi) is 7.06. The summed E-state index contributed by atoms with van der Waals surface area (Å²) in [5.74, 6) is 0.514. The second-order valence-electron chi connectivity index (χ2n) is 7.18. The van der Waals surface area contributed by atoms with Crippen molar-refractivity contribution < 1.29 is 14.3 Å². The zero-order valence-electron chi connectivity index (χ0n) is 16.6. The first-order chi connectivity index (χ1) is 15.0. The molecule has 31 heavy (non-hydrogen) atoms. The molecule has 0 saturated carbocycles. The number of carbonyl (C=O) groups is 2.